The maximum Gasteiger partial charge on any atom is 2.00 e. The molecule has 0 radical (unpaired) electrons. The second-order valence-corrected chi connectivity index (χ2v) is 0. The molecule has 0 bridgehead atoms. The second-order valence-electron chi connectivity index (χ2n) is 0. The van der Waals surface area contributed by atoms with Gasteiger partial charge in [-0.2, -0.15) is 0 Å². The monoisotopic (exact) mass is 113 g/mol. The van der Waals surface area contributed by atoms with Crippen LogP contribution in [0.5, 0.6) is 0 Å². The summed E-state index contributed by atoms with van der Waals surface area (Å²) in [5, 5.41) is 0. The summed E-state index contributed by atoms with van der Waals surface area (Å²) in [6.07, 6.45) is 0. The van der Waals surface area contributed by atoms with E-state index in [0.717, 1.165) is 0 Å². The Morgan fingerprint density at radius 1 is 1.00 bits per heavy atom. The molecule has 0 aromatic carbocycles. The first kappa shape index (κ1) is 63.3. The molecule has 4 heteroatoms. The zero-order valence-electron chi connectivity index (χ0n) is 1.92. The van der Waals surface area contributed by atoms with Crippen molar-refractivity contribution < 1.29 is 28.0 Å². The van der Waals surface area contributed by atoms with Crippen LogP contribution in [0, 0.1) is 0 Å². The topological polar surface area (TPSA) is 58.5 Å². The fraction of sp³-hybridized carbons (Fsp3) is 0. The van der Waals surface area contributed by atoms with Crippen molar-refractivity contribution in [2.75, 3.05) is 0 Å². The van der Waals surface area contributed by atoms with Crippen LogP contribution in [0.3, 0.4) is 0 Å². The molecular weight excluding hydrogens is 112 g/mol. The van der Waals surface area contributed by atoms with E-state index in [1.165, 1.54) is 0 Å². The van der Waals surface area contributed by atoms with E-state index in [4.69, 9.17) is 0 Å². The molecule has 0 saturated carbocycles. The first-order chi connectivity index (χ1) is 0. The van der Waals surface area contributed by atoms with Crippen LogP contribution in [0.25, 0.3) is 0 Å². The molecular formula is HFeMgO2+. The summed E-state index contributed by atoms with van der Waals surface area (Å²) in [6.45, 7) is 0. The van der Waals surface area contributed by atoms with Gasteiger partial charge in [0.15, 0.2) is 0 Å². The maximum atomic E-state index is 0. The van der Waals surface area contributed by atoms with Gasteiger partial charge in [0.05, 0.1) is 0 Å². The molecule has 22 valence electrons. The summed E-state index contributed by atoms with van der Waals surface area (Å²) in [4.78, 5) is 0. The number of rotatable bonds is 0. The molecule has 0 atom stereocenters. The third kappa shape index (κ3) is 10.7. The van der Waals surface area contributed by atoms with Gasteiger partial charge >= 0.3 is 40.1 Å². The molecule has 0 fully saturated rings. The Hall–Kier alpha value is 1.21. The molecule has 2 nitrogen and oxygen atoms in total. The van der Waals surface area contributed by atoms with E-state index in [9.17, 15) is 0 Å². The molecule has 0 aliphatic rings. The Kier molecular flexibility index (Phi) is 471. The van der Waals surface area contributed by atoms with Gasteiger partial charge in [-0.05, 0) is 0 Å². The van der Waals surface area contributed by atoms with Gasteiger partial charge in [-0.25, -0.2) is 0 Å². The van der Waals surface area contributed by atoms with Crippen LogP contribution < -0.4 is 0 Å². The molecule has 0 heterocycles. The van der Waals surface area contributed by atoms with Crippen LogP contribution >= 0.6 is 0 Å². The third-order valence-corrected chi connectivity index (χ3v) is 0. The normalized spacial score (nSPS) is 0. The van der Waals surface area contributed by atoms with E-state index in [-0.39, 0.29) is 51.1 Å². The third-order valence-electron chi connectivity index (χ3n) is 0. The zero-order valence-corrected chi connectivity index (χ0v) is 4.43. The molecule has 1 N–H and O–H groups in total. The van der Waals surface area contributed by atoms with Crippen LogP contribution in [0.15, 0.2) is 0 Å². The van der Waals surface area contributed by atoms with Crippen LogP contribution in [0.1, 0.15) is 0 Å². The summed E-state index contributed by atoms with van der Waals surface area (Å²) < 4.78 is 0. The molecule has 4 heavy (non-hydrogen) atoms. The Balaban J connectivity index is 0. The minimum absolute atomic E-state index is 0. The summed E-state index contributed by atoms with van der Waals surface area (Å²) in [5.74, 6) is 0. The molecule has 0 saturated heterocycles. The van der Waals surface area contributed by atoms with Crippen molar-refractivity contribution in [3.05, 3.63) is 0 Å². The summed E-state index contributed by atoms with van der Waals surface area (Å²) in [6, 6.07) is 0. The van der Waals surface area contributed by atoms with Crippen molar-refractivity contribution in [2.24, 2.45) is 0 Å². The SMILES string of the molecule is [Fe+2].[Mg+2].[O-2].[OH-]. The van der Waals surface area contributed by atoms with Crippen LogP contribution in [-0.4, -0.2) is 28.5 Å². The molecule has 0 unspecified atom stereocenters. The molecule has 0 aromatic rings. The van der Waals surface area contributed by atoms with Gasteiger partial charge in [0.1, 0.15) is 0 Å². The van der Waals surface area contributed by atoms with Crippen molar-refractivity contribution in [3.8, 4) is 0 Å². The Morgan fingerprint density at radius 2 is 1.00 bits per heavy atom. The van der Waals surface area contributed by atoms with Crippen molar-refractivity contribution in [1.29, 1.82) is 0 Å². The summed E-state index contributed by atoms with van der Waals surface area (Å²) in [5.41, 5.74) is 0. The van der Waals surface area contributed by atoms with E-state index in [1.807, 2.05) is 0 Å². The van der Waals surface area contributed by atoms with Crippen molar-refractivity contribution in [3.63, 3.8) is 0 Å². The minimum Gasteiger partial charge on any atom is -2.00 e. The number of hydrogen-bond donors (Lipinski definition) is 0. The average Bonchev–Trinajstić information content (AvgIpc) is 0. The standard InChI is InChI=1S/Fe.Mg.H2O.O/h;;1H2;/q2*+2;;-2/p-1. The van der Waals surface area contributed by atoms with Gasteiger partial charge in [0.25, 0.3) is 0 Å². The van der Waals surface area contributed by atoms with Crippen molar-refractivity contribution in [1.82, 2.24) is 0 Å². The van der Waals surface area contributed by atoms with Crippen LogP contribution in [0.2, 0.25) is 0 Å². The molecule has 0 aliphatic heterocycles. The largest absolute Gasteiger partial charge is 2.00 e. The molecule has 0 aromatic heterocycles. The average molecular weight is 113 g/mol. The van der Waals surface area contributed by atoms with Gasteiger partial charge in [0, 0.05) is 0 Å². The number of hydrogen-bond acceptors (Lipinski definition) is 1. The van der Waals surface area contributed by atoms with E-state index in [2.05, 4.69) is 0 Å². The summed E-state index contributed by atoms with van der Waals surface area (Å²) in [7, 11) is 0. The van der Waals surface area contributed by atoms with Gasteiger partial charge in [-0.3, -0.25) is 0 Å². The van der Waals surface area contributed by atoms with E-state index in [0.29, 0.717) is 0 Å². The van der Waals surface area contributed by atoms with E-state index >= 15 is 0 Å². The quantitative estimate of drug-likeness (QED) is 0.384. The van der Waals surface area contributed by atoms with Gasteiger partial charge < -0.3 is 11.0 Å². The molecule has 0 amide bonds. The fourth-order valence-electron chi connectivity index (χ4n) is 0. The Morgan fingerprint density at radius 3 is 1.00 bits per heavy atom. The Bertz CT molecular complexity index is 6.00. The molecule has 0 spiro atoms. The smallest absolute Gasteiger partial charge is 2.00 e. The van der Waals surface area contributed by atoms with Crippen LogP contribution in [0.4, 0.5) is 0 Å². The van der Waals surface area contributed by atoms with E-state index < -0.39 is 0 Å². The minimum atomic E-state index is 0. The molecule has 0 aliphatic carbocycles. The first-order valence-corrected chi connectivity index (χ1v) is 0. The van der Waals surface area contributed by atoms with Crippen molar-refractivity contribution >= 4 is 23.1 Å². The predicted octanol–water partition coefficient (Wildman–Crippen LogP) is -0.679. The maximum absolute atomic E-state index is 0. The second kappa shape index (κ2) is 29.7. The van der Waals surface area contributed by atoms with Crippen LogP contribution in [-0.2, 0) is 22.5 Å². The van der Waals surface area contributed by atoms with E-state index in [1.54, 1.807) is 0 Å². The predicted molar refractivity (Wildman–Crippen MR) is 8.38 cm³/mol. The molecule has 0 rings (SSSR count). The van der Waals surface area contributed by atoms with Gasteiger partial charge in [-0.15, -0.1) is 0 Å². The zero-order chi connectivity index (χ0) is 0. The van der Waals surface area contributed by atoms with Crippen molar-refractivity contribution in [2.45, 2.75) is 0 Å². The first-order valence-electron chi connectivity index (χ1n) is 0. The van der Waals surface area contributed by atoms with Gasteiger partial charge in [0.2, 0.25) is 0 Å². The Labute approximate surface area is 51.2 Å². The fourth-order valence-corrected chi connectivity index (χ4v) is 0. The van der Waals surface area contributed by atoms with Gasteiger partial charge in [-0.1, -0.05) is 0 Å². The summed E-state index contributed by atoms with van der Waals surface area (Å²) >= 11 is 0.